The molecular weight excluding hydrogens is 156 g/mol. The molecule has 3 heteroatoms. The van der Waals surface area contributed by atoms with Crippen LogP contribution in [0.25, 0.3) is 0 Å². The largest absolute Gasteiger partial charge is 0.478 e. The quantitative estimate of drug-likeness (QED) is 0.387. The number of carbonyl (C=O) groups is 1. The van der Waals surface area contributed by atoms with Gasteiger partial charge in [-0.05, 0) is 19.9 Å². The molecule has 0 unspecified atom stereocenters. The third kappa shape index (κ3) is 5.68. The summed E-state index contributed by atoms with van der Waals surface area (Å²) in [6.45, 7) is 4.32. The van der Waals surface area contributed by atoms with Crippen LogP contribution in [0.3, 0.4) is 0 Å². The molecule has 1 N–H and O–H groups in total. The Labute approximate surface area is 72.3 Å². The Morgan fingerprint density at radius 2 is 2.17 bits per heavy atom. The zero-order valence-electron chi connectivity index (χ0n) is 7.41. The standard InChI is InChI=1S/C9H14O3/c1-3-4-6-12-7-5-8(2)9(10)11/h3-5H,6-7H2,1-2H3,(H,10,11). The molecule has 68 valence electrons. The number of aliphatic carboxylic acids is 1. The van der Waals surface area contributed by atoms with Crippen molar-refractivity contribution < 1.29 is 14.6 Å². The van der Waals surface area contributed by atoms with Crippen LogP contribution in [0.5, 0.6) is 0 Å². The van der Waals surface area contributed by atoms with Crippen LogP contribution in [-0.4, -0.2) is 24.3 Å². The van der Waals surface area contributed by atoms with Crippen LogP contribution in [0.15, 0.2) is 23.8 Å². The number of rotatable bonds is 5. The van der Waals surface area contributed by atoms with Gasteiger partial charge in [0, 0.05) is 5.57 Å². The number of allylic oxidation sites excluding steroid dienone is 1. The maximum Gasteiger partial charge on any atom is 0.331 e. The summed E-state index contributed by atoms with van der Waals surface area (Å²) in [5.41, 5.74) is 0.315. The second-order valence-electron chi connectivity index (χ2n) is 2.30. The monoisotopic (exact) mass is 170 g/mol. The zero-order chi connectivity index (χ0) is 9.40. The van der Waals surface area contributed by atoms with Crippen LogP contribution >= 0.6 is 0 Å². The van der Waals surface area contributed by atoms with Crippen molar-refractivity contribution in [3.05, 3.63) is 23.8 Å². The fourth-order valence-electron chi connectivity index (χ4n) is 0.504. The minimum Gasteiger partial charge on any atom is -0.478 e. The van der Waals surface area contributed by atoms with Gasteiger partial charge in [0.2, 0.25) is 0 Å². The van der Waals surface area contributed by atoms with Gasteiger partial charge in [-0.15, -0.1) is 0 Å². The van der Waals surface area contributed by atoms with E-state index in [1.54, 1.807) is 13.0 Å². The minimum absolute atomic E-state index is 0.315. The van der Waals surface area contributed by atoms with Crippen LogP contribution in [0, 0.1) is 0 Å². The van der Waals surface area contributed by atoms with Crippen molar-refractivity contribution in [1.82, 2.24) is 0 Å². The van der Waals surface area contributed by atoms with Gasteiger partial charge in [0.1, 0.15) is 0 Å². The number of ether oxygens (including phenoxy) is 1. The Morgan fingerprint density at radius 1 is 1.50 bits per heavy atom. The minimum atomic E-state index is -0.898. The summed E-state index contributed by atoms with van der Waals surface area (Å²) in [5.74, 6) is -0.898. The van der Waals surface area contributed by atoms with Crippen molar-refractivity contribution in [3.8, 4) is 0 Å². The predicted octanol–water partition coefficient (Wildman–Crippen LogP) is 1.61. The van der Waals surface area contributed by atoms with E-state index in [0.717, 1.165) is 0 Å². The molecule has 0 fully saturated rings. The number of carboxylic acid groups (broad SMARTS) is 1. The van der Waals surface area contributed by atoms with Gasteiger partial charge in [0.15, 0.2) is 0 Å². The van der Waals surface area contributed by atoms with Gasteiger partial charge in [-0.3, -0.25) is 0 Å². The van der Waals surface area contributed by atoms with Crippen molar-refractivity contribution in [3.63, 3.8) is 0 Å². The summed E-state index contributed by atoms with van der Waals surface area (Å²) in [5, 5.41) is 8.45. The Balaban J connectivity index is 3.53. The second-order valence-corrected chi connectivity index (χ2v) is 2.30. The van der Waals surface area contributed by atoms with Gasteiger partial charge < -0.3 is 9.84 Å². The maximum atomic E-state index is 10.3. The summed E-state index contributed by atoms with van der Waals surface area (Å²) < 4.78 is 5.07. The first kappa shape index (κ1) is 10.9. The molecule has 0 aliphatic carbocycles. The van der Waals surface area contributed by atoms with Crippen molar-refractivity contribution in [2.45, 2.75) is 13.8 Å². The number of carboxylic acids is 1. The molecular formula is C9H14O3. The second kappa shape index (κ2) is 6.61. The van der Waals surface area contributed by atoms with Crippen LogP contribution in [-0.2, 0) is 9.53 Å². The van der Waals surface area contributed by atoms with E-state index >= 15 is 0 Å². The van der Waals surface area contributed by atoms with E-state index in [0.29, 0.717) is 18.8 Å². The number of hydrogen-bond donors (Lipinski definition) is 1. The molecule has 0 aliphatic rings. The highest BCUT2D eigenvalue weighted by atomic mass is 16.5. The maximum absolute atomic E-state index is 10.3. The van der Waals surface area contributed by atoms with E-state index in [1.165, 1.54) is 0 Å². The molecule has 0 aliphatic heterocycles. The molecule has 0 aromatic heterocycles. The topological polar surface area (TPSA) is 46.5 Å². The first-order chi connectivity index (χ1) is 5.68. The lowest BCUT2D eigenvalue weighted by atomic mass is 10.3. The van der Waals surface area contributed by atoms with Crippen LogP contribution < -0.4 is 0 Å². The normalized spacial score (nSPS) is 12.3. The van der Waals surface area contributed by atoms with E-state index in [9.17, 15) is 4.79 Å². The van der Waals surface area contributed by atoms with Gasteiger partial charge in [0.25, 0.3) is 0 Å². The fraction of sp³-hybridized carbons (Fsp3) is 0.444. The zero-order valence-corrected chi connectivity index (χ0v) is 7.41. The van der Waals surface area contributed by atoms with Gasteiger partial charge >= 0.3 is 5.97 Å². The third-order valence-electron chi connectivity index (χ3n) is 1.29. The molecule has 0 aromatic carbocycles. The molecule has 3 nitrogen and oxygen atoms in total. The summed E-state index contributed by atoms with van der Waals surface area (Å²) in [6, 6.07) is 0. The smallest absolute Gasteiger partial charge is 0.331 e. The van der Waals surface area contributed by atoms with Crippen molar-refractivity contribution in [2.24, 2.45) is 0 Å². The summed E-state index contributed by atoms with van der Waals surface area (Å²) in [4.78, 5) is 10.3. The summed E-state index contributed by atoms with van der Waals surface area (Å²) in [7, 11) is 0. The molecule has 0 saturated carbocycles. The Kier molecular flexibility index (Phi) is 6.01. The van der Waals surface area contributed by atoms with Crippen LogP contribution in [0.4, 0.5) is 0 Å². The van der Waals surface area contributed by atoms with Crippen molar-refractivity contribution in [2.75, 3.05) is 13.2 Å². The van der Waals surface area contributed by atoms with E-state index in [1.807, 2.05) is 19.1 Å². The third-order valence-corrected chi connectivity index (χ3v) is 1.29. The molecule has 0 spiro atoms. The van der Waals surface area contributed by atoms with Gasteiger partial charge in [-0.2, -0.15) is 0 Å². The van der Waals surface area contributed by atoms with Gasteiger partial charge in [0.05, 0.1) is 13.2 Å². The Morgan fingerprint density at radius 3 is 2.67 bits per heavy atom. The van der Waals surface area contributed by atoms with Crippen LogP contribution in [0.1, 0.15) is 13.8 Å². The highest BCUT2D eigenvalue weighted by Gasteiger charge is 1.96. The fourth-order valence-corrected chi connectivity index (χ4v) is 0.504. The lowest BCUT2D eigenvalue weighted by molar-refractivity contribution is -0.132. The lowest BCUT2D eigenvalue weighted by Crippen LogP contribution is -1.99. The molecule has 0 atom stereocenters. The van der Waals surface area contributed by atoms with E-state index < -0.39 is 5.97 Å². The average molecular weight is 170 g/mol. The Hall–Kier alpha value is -1.09. The first-order valence-corrected chi connectivity index (χ1v) is 3.77. The number of hydrogen-bond acceptors (Lipinski definition) is 2. The molecule has 0 bridgehead atoms. The molecule has 12 heavy (non-hydrogen) atoms. The van der Waals surface area contributed by atoms with Crippen molar-refractivity contribution >= 4 is 5.97 Å². The molecule has 0 aromatic rings. The highest BCUT2D eigenvalue weighted by molar-refractivity contribution is 5.85. The molecule has 0 saturated heterocycles. The van der Waals surface area contributed by atoms with Gasteiger partial charge in [-0.1, -0.05) is 12.2 Å². The summed E-state index contributed by atoms with van der Waals surface area (Å²) in [6.07, 6.45) is 5.30. The molecule has 0 radical (unpaired) electrons. The van der Waals surface area contributed by atoms with E-state index in [2.05, 4.69) is 0 Å². The van der Waals surface area contributed by atoms with E-state index in [-0.39, 0.29) is 0 Å². The SMILES string of the molecule is CC=CCOCC=C(C)C(=O)O. The highest BCUT2D eigenvalue weighted by Crippen LogP contribution is 1.91. The van der Waals surface area contributed by atoms with E-state index in [4.69, 9.17) is 9.84 Å². The first-order valence-electron chi connectivity index (χ1n) is 3.77. The van der Waals surface area contributed by atoms with Crippen LogP contribution in [0.2, 0.25) is 0 Å². The molecule has 0 rings (SSSR count). The molecule has 0 heterocycles. The molecule has 0 amide bonds. The van der Waals surface area contributed by atoms with Crippen molar-refractivity contribution in [1.29, 1.82) is 0 Å². The predicted molar refractivity (Wildman–Crippen MR) is 47.0 cm³/mol. The summed E-state index contributed by atoms with van der Waals surface area (Å²) >= 11 is 0. The average Bonchev–Trinajstić information content (AvgIpc) is 2.03. The lowest BCUT2D eigenvalue weighted by Gasteiger charge is -1.95. The Bertz CT molecular complexity index is 192. The van der Waals surface area contributed by atoms with Gasteiger partial charge in [-0.25, -0.2) is 4.79 Å².